The second-order valence-electron chi connectivity index (χ2n) is 6.98. The Morgan fingerprint density at radius 2 is 1.77 bits per heavy atom. The van der Waals surface area contributed by atoms with E-state index in [-0.39, 0.29) is 17.9 Å². The average molecular weight is 423 g/mol. The first-order valence-corrected chi connectivity index (χ1v) is 10.1. The molecule has 5 nitrogen and oxygen atoms in total. The zero-order valence-corrected chi connectivity index (χ0v) is 17.3. The van der Waals surface area contributed by atoms with Crippen LogP contribution in [0.1, 0.15) is 48.5 Å². The first-order chi connectivity index (χ1) is 14.4. The molecular weight excluding hydrogens is 395 g/mol. The predicted octanol–water partition coefficient (Wildman–Crippen LogP) is 4.99. The summed E-state index contributed by atoms with van der Waals surface area (Å²) in [5.74, 6) is -3.84. The molecule has 0 bridgehead atoms. The van der Waals surface area contributed by atoms with Gasteiger partial charge in [0.25, 0.3) is 5.91 Å². The van der Waals surface area contributed by atoms with Gasteiger partial charge in [0, 0.05) is 0 Å². The average Bonchev–Trinajstić information content (AvgIpc) is 2.72. The molecule has 0 saturated carbocycles. The molecule has 0 radical (unpaired) electrons. The molecule has 8 heteroatoms. The predicted molar refractivity (Wildman–Crippen MR) is 111 cm³/mol. The molecule has 2 rings (SSSR count). The van der Waals surface area contributed by atoms with E-state index in [0.29, 0.717) is 12.0 Å². The molecule has 3 N–H and O–H groups in total. The fourth-order valence-electron chi connectivity index (χ4n) is 2.78. The van der Waals surface area contributed by atoms with E-state index < -0.39 is 29.0 Å². The van der Waals surface area contributed by atoms with Gasteiger partial charge in [-0.25, -0.2) is 18.7 Å². The second kappa shape index (κ2) is 12.2. The van der Waals surface area contributed by atoms with Crippen LogP contribution in [0.25, 0.3) is 0 Å². The Labute approximate surface area is 175 Å². The minimum absolute atomic E-state index is 0.0748. The number of carbonyl (C=O) groups is 1. The molecule has 0 spiro atoms. The Balaban J connectivity index is 1.94. The van der Waals surface area contributed by atoms with E-state index in [4.69, 9.17) is 4.84 Å². The number of halogens is 3. The van der Waals surface area contributed by atoms with Crippen molar-refractivity contribution in [3.63, 3.8) is 0 Å². The van der Waals surface area contributed by atoms with Gasteiger partial charge in [0.05, 0.1) is 23.5 Å². The third-order valence-electron chi connectivity index (χ3n) is 4.45. The van der Waals surface area contributed by atoms with Gasteiger partial charge in [0.15, 0.2) is 11.6 Å². The van der Waals surface area contributed by atoms with E-state index in [9.17, 15) is 18.0 Å². The normalized spacial score (nSPS) is 10.8. The lowest BCUT2D eigenvalue weighted by molar-refractivity contribution is 0.0305. The van der Waals surface area contributed by atoms with Gasteiger partial charge in [-0.1, -0.05) is 25.8 Å². The largest absolute Gasteiger partial charge is 0.350 e. The number of hydrogen-bond acceptors (Lipinski definition) is 4. The molecule has 2 aromatic carbocycles. The molecule has 1 amide bonds. The zero-order chi connectivity index (χ0) is 21.9. The van der Waals surface area contributed by atoms with Crippen LogP contribution in [0, 0.1) is 24.4 Å². The van der Waals surface area contributed by atoms with E-state index in [1.165, 1.54) is 18.6 Å². The molecule has 30 heavy (non-hydrogen) atoms. The lowest BCUT2D eigenvalue weighted by atomic mass is 10.1. The fraction of sp³-hybridized carbons (Fsp3) is 0.409. The van der Waals surface area contributed by atoms with E-state index in [0.717, 1.165) is 38.1 Å². The van der Waals surface area contributed by atoms with Crippen molar-refractivity contribution in [3.05, 3.63) is 58.9 Å². The molecule has 0 fully saturated rings. The highest BCUT2D eigenvalue weighted by Crippen LogP contribution is 2.28. The maximum Gasteiger partial charge on any atom is 0.277 e. The Morgan fingerprint density at radius 3 is 2.50 bits per heavy atom. The Hall–Kier alpha value is -2.58. The van der Waals surface area contributed by atoms with Crippen molar-refractivity contribution < 1.29 is 22.8 Å². The van der Waals surface area contributed by atoms with Gasteiger partial charge in [-0.2, -0.15) is 0 Å². The minimum Gasteiger partial charge on any atom is -0.350 e. The van der Waals surface area contributed by atoms with Crippen molar-refractivity contribution in [3.8, 4) is 0 Å². The van der Waals surface area contributed by atoms with Crippen LogP contribution in [0.4, 0.5) is 24.5 Å². The number of nitrogens with one attached hydrogen (secondary N) is 3. The number of aryl methyl sites for hydroxylation is 1. The number of amides is 1. The summed E-state index contributed by atoms with van der Waals surface area (Å²) < 4.78 is 42.2. The molecule has 0 aromatic heterocycles. The van der Waals surface area contributed by atoms with E-state index in [1.54, 1.807) is 13.0 Å². The monoisotopic (exact) mass is 423 g/mol. The SMILES string of the molecule is CCCCCNCCCONC(=O)c1ccc(F)c(F)c1Nc1ccc(C)cc1F. The van der Waals surface area contributed by atoms with Crippen LogP contribution in [0.15, 0.2) is 30.3 Å². The van der Waals surface area contributed by atoms with Crippen molar-refractivity contribution in [2.45, 2.75) is 39.5 Å². The Bertz CT molecular complexity index is 847. The number of unbranched alkanes of at least 4 members (excludes halogenated alkanes) is 2. The summed E-state index contributed by atoms with van der Waals surface area (Å²) in [6, 6.07) is 6.20. The molecule has 2 aromatic rings. The Kier molecular flexibility index (Phi) is 9.63. The lowest BCUT2D eigenvalue weighted by Gasteiger charge is -2.14. The lowest BCUT2D eigenvalue weighted by Crippen LogP contribution is -2.27. The second-order valence-corrected chi connectivity index (χ2v) is 6.98. The zero-order valence-electron chi connectivity index (χ0n) is 17.3. The number of carbonyl (C=O) groups excluding carboxylic acids is 1. The van der Waals surface area contributed by atoms with Crippen molar-refractivity contribution in [1.29, 1.82) is 0 Å². The van der Waals surface area contributed by atoms with Gasteiger partial charge < -0.3 is 10.6 Å². The summed E-state index contributed by atoms with van der Waals surface area (Å²) in [4.78, 5) is 17.5. The standard InChI is InChI=1S/C22H28F3N3O2/c1-3-4-5-11-26-12-6-13-30-28-22(29)16-8-9-17(23)20(25)21(16)27-19-10-7-15(2)14-18(19)24/h7-10,14,26-27H,3-6,11-13H2,1-2H3,(H,28,29). The van der Waals surface area contributed by atoms with Gasteiger partial charge in [-0.3, -0.25) is 9.63 Å². The van der Waals surface area contributed by atoms with Crippen molar-refractivity contribution in [1.82, 2.24) is 10.8 Å². The van der Waals surface area contributed by atoms with Crippen LogP contribution in [0.2, 0.25) is 0 Å². The smallest absolute Gasteiger partial charge is 0.277 e. The number of hydrogen-bond donors (Lipinski definition) is 3. The van der Waals surface area contributed by atoms with Gasteiger partial charge in [0.1, 0.15) is 5.82 Å². The van der Waals surface area contributed by atoms with Crippen LogP contribution < -0.4 is 16.1 Å². The molecular formula is C22H28F3N3O2. The molecule has 0 aliphatic carbocycles. The first kappa shape index (κ1) is 23.7. The summed E-state index contributed by atoms with van der Waals surface area (Å²) in [7, 11) is 0. The van der Waals surface area contributed by atoms with E-state index in [1.807, 2.05) is 0 Å². The highest BCUT2D eigenvalue weighted by molar-refractivity contribution is 5.99. The van der Waals surface area contributed by atoms with Crippen molar-refractivity contribution >= 4 is 17.3 Å². The number of rotatable bonds is 12. The third kappa shape index (κ3) is 7.03. The van der Waals surface area contributed by atoms with Gasteiger partial charge in [-0.15, -0.1) is 0 Å². The molecule has 0 unspecified atom stereocenters. The highest BCUT2D eigenvalue weighted by Gasteiger charge is 2.20. The van der Waals surface area contributed by atoms with Gasteiger partial charge in [0.2, 0.25) is 0 Å². The molecule has 0 aliphatic rings. The molecule has 0 saturated heterocycles. The van der Waals surface area contributed by atoms with Crippen molar-refractivity contribution in [2.24, 2.45) is 0 Å². The Morgan fingerprint density at radius 1 is 1.00 bits per heavy atom. The van der Waals surface area contributed by atoms with Crippen LogP contribution in [0.5, 0.6) is 0 Å². The van der Waals surface area contributed by atoms with E-state index in [2.05, 4.69) is 23.0 Å². The molecule has 0 heterocycles. The van der Waals surface area contributed by atoms with Crippen LogP contribution in [0.3, 0.4) is 0 Å². The van der Waals surface area contributed by atoms with Crippen LogP contribution in [-0.4, -0.2) is 25.6 Å². The maximum atomic E-state index is 14.3. The minimum atomic E-state index is -1.28. The van der Waals surface area contributed by atoms with E-state index >= 15 is 0 Å². The number of hydroxylamine groups is 1. The fourth-order valence-corrected chi connectivity index (χ4v) is 2.78. The van der Waals surface area contributed by atoms with Crippen molar-refractivity contribution in [2.75, 3.05) is 25.0 Å². The summed E-state index contributed by atoms with van der Waals surface area (Å²) in [5.41, 5.74) is 2.15. The van der Waals surface area contributed by atoms with Gasteiger partial charge >= 0.3 is 0 Å². The maximum absolute atomic E-state index is 14.3. The quantitative estimate of drug-likeness (QED) is 0.333. The molecule has 164 valence electrons. The van der Waals surface area contributed by atoms with Gasteiger partial charge in [-0.05, 0) is 62.7 Å². The highest BCUT2D eigenvalue weighted by atomic mass is 19.2. The summed E-state index contributed by atoms with van der Waals surface area (Å²) in [6.07, 6.45) is 4.12. The summed E-state index contributed by atoms with van der Waals surface area (Å²) in [5, 5.41) is 5.75. The first-order valence-electron chi connectivity index (χ1n) is 10.1. The molecule has 0 aliphatic heterocycles. The summed E-state index contributed by atoms with van der Waals surface area (Å²) in [6.45, 7) is 5.77. The summed E-state index contributed by atoms with van der Waals surface area (Å²) >= 11 is 0. The number of anilines is 2. The number of benzene rings is 2. The topological polar surface area (TPSA) is 62.4 Å². The third-order valence-corrected chi connectivity index (χ3v) is 4.45. The van der Waals surface area contributed by atoms with Crippen LogP contribution in [-0.2, 0) is 4.84 Å². The molecule has 0 atom stereocenters. The van der Waals surface area contributed by atoms with Crippen LogP contribution >= 0.6 is 0 Å².